The van der Waals surface area contributed by atoms with Crippen LogP contribution in [0.4, 0.5) is 4.39 Å². The van der Waals surface area contributed by atoms with Gasteiger partial charge in [0.1, 0.15) is 18.2 Å². The summed E-state index contributed by atoms with van der Waals surface area (Å²) in [6.45, 7) is 5.93. The van der Waals surface area contributed by atoms with Crippen LogP contribution in [0.25, 0.3) is 11.0 Å². The number of rotatable bonds is 9. The number of ketones is 1. The molecular weight excluding hydrogens is 495 g/mol. The lowest BCUT2D eigenvalue weighted by Crippen LogP contribution is -2.35. The Morgan fingerprint density at radius 2 is 1.87 bits per heavy atom. The van der Waals surface area contributed by atoms with E-state index in [1.165, 1.54) is 24.6 Å². The molecule has 1 atom stereocenters. The number of halogens is 1. The van der Waals surface area contributed by atoms with E-state index in [0.29, 0.717) is 22.9 Å². The van der Waals surface area contributed by atoms with Crippen molar-refractivity contribution in [3.8, 4) is 5.88 Å². The van der Waals surface area contributed by atoms with Crippen LogP contribution in [-0.2, 0) is 24.4 Å². The number of imidazole rings is 1. The topological polar surface area (TPSA) is 69.5 Å². The molecular formula is C31H33FN4O3. The van der Waals surface area contributed by atoms with Crippen LogP contribution in [0, 0.1) is 5.82 Å². The van der Waals surface area contributed by atoms with Gasteiger partial charge in [-0.3, -0.25) is 9.69 Å². The molecule has 0 spiro atoms. The Morgan fingerprint density at radius 3 is 2.64 bits per heavy atom. The van der Waals surface area contributed by atoms with Crippen LogP contribution in [-0.4, -0.2) is 51.0 Å². The van der Waals surface area contributed by atoms with E-state index in [4.69, 9.17) is 19.4 Å². The molecule has 2 aliphatic heterocycles. The third kappa shape index (κ3) is 5.72. The first kappa shape index (κ1) is 25.6. The number of pyridine rings is 1. The first-order valence-electron chi connectivity index (χ1n) is 13.7. The lowest BCUT2D eigenvalue weighted by atomic mass is 9.93. The van der Waals surface area contributed by atoms with Crippen molar-refractivity contribution in [1.29, 1.82) is 0 Å². The van der Waals surface area contributed by atoms with Crippen molar-refractivity contribution in [3.63, 3.8) is 0 Å². The molecule has 2 aliphatic rings. The van der Waals surface area contributed by atoms with Crippen LogP contribution >= 0.6 is 0 Å². The van der Waals surface area contributed by atoms with Crippen molar-refractivity contribution in [2.45, 2.75) is 57.9 Å². The monoisotopic (exact) mass is 528 g/mol. The fourth-order valence-electron chi connectivity index (χ4n) is 5.46. The third-order valence-corrected chi connectivity index (χ3v) is 7.86. The Kier molecular flexibility index (Phi) is 7.39. The van der Waals surface area contributed by atoms with E-state index in [1.807, 2.05) is 18.2 Å². The number of hydrogen-bond donors (Lipinski definition) is 0. The second kappa shape index (κ2) is 11.2. The summed E-state index contributed by atoms with van der Waals surface area (Å²) in [6.07, 6.45) is 3.38. The number of piperidine rings is 1. The zero-order chi connectivity index (χ0) is 26.8. The minimum atomic E-state index is -0.391. The van der Waals surface area contributed by atoms with E-state index in [1.54, 1.807) is 12.1 Å². The molecule has 0 aliphatic carbocycles. The van der Waals surface area contributed by atoms with Gasteiger partial charge >= 0.3 is 0 Å². The molecule has 7 nitrogen and oxygen atoms in total. The van der Waals surface area contributed by atoms with E-state index in [0.717, 1.165) is 69.1 Å². The second-order valence-corrected chi connectivity index (χ2v) is 10.5. The first-order valence-corrected chi connectivity index (χ1v) is 13.7. The molecule has 2 saturated heterocycles. The van der Waals surface area contributed by atoms with Crippen LogP contribution in [0.1, 0.15) is 59.5 Å². The highest BCUT2D eigenvalue weighted by atomic mass is 19.1. The number of ether oxygens (including phenoxy) is 2. The lowest BCUT2D eigenvalue weighted by Gasteiger charge is -2.32. The number of benzene rings is 2. The summed E-state index contributed by atoms with van der Waals surface area (Å²) >= 11 is 0. The summed E-state index contributed by atoms with van der Waals surface area (Å²) in [5, 5.41) is 0. The molecule has 0 amide bonds. The van der Waals surface area contributed by atoms with Gasteiger partial charge < -0.3 is 14.0 Å². The number of aromatic nitrogens is 3. The predicted octanol–water partition coefficient (Wildman–Crippen LogP) is 5.52. The number of hydrogen-bond acceptors (Lipinski definition) is 6. The van der Waals surface area contributed by atoms with Crippen LogP contribution in [0.3, 0.4) is 0 Å². The van der Waals surface area contributed by atoms with Crippen molar-refractivity contribution >= 4 is 16.8 Å². The average Bonchev–Trinajstić information content (AvgIpc) is 3.27. The Balaban J connectivity index is 1.08. The number of para-hydroxylation sites is 2. The van der Waals surface area contributed by atoms with Crippen molar-refractivity contribution in [3.05, 3.63) is 89.1 Å². The summed E-state index contributed by atoms with van der Waals surface area (Å²) in [6, 6.07) is 18.5. The molecule has 0 radical (unpaired) electrons. The quantitative estimate of drug-likeness (QED) is 0.267. The Labute approximate surface area is 227 Å². The molecule has 8 heteroatoms. The molecule has 0 N–H and O–H groups in total. The maximum absolute atomic E-state index is 14.2. The number of nitrogens with zero attached hydrogens (tertiary/aromatic N) is 4. The van der Waals surface area contributed by atoms with Gasteiger partial charge in [0.15, 0.2) is 5.78 Å². The molecule has 2 aromatic heterocycles. The standard InChI is InChI=1S/C31H33FN4O3/c1-21(37)23-9-10-26(32)24(17-23)20-39-31-8-4-6-27(34-31)22-11-14-35(15-12-22)19-30-33-28-5-2-3-7-29(28)36(30)18-25-13-16-38-25/h2-10,17,22,25H,11-16,18-20H2,1H3/t25-/m0/s1. The van der Waals surface area contributed by atoms with E-state index in [-0.39, 0.29) is 18.5 Å². The van der Waals surface area contributed by atoms with Gasteiger partial charge in [0.2, 0.25) is 5.88 Å². The first-order chi connectivity index (χ1) is 19.0. The highest BCUT2D eigenvalue weighted by Gasteiger charge is 2.26. The van der Waals surface area contributed by atoms with Gasteiger partial charge in [0.05, 0.1) is 30.2 Å². The minimum absolute atomic E-state index is 0.0226. The summed E-state index contributed by atoms with van der Waals surface area (Å²) in [4.78, 5) is 23.8. The molecule has 202 valence electrons. The summed E-state index contributed by atoms with van der Waals surface area (Å²) in [5.41, 5.74) is 4.02. The summed E-state index contributed by atoms with van der Waals surface area (Å²) < 4.78 is 28.1. The summed E-state index contributed by atoms with van der Waals surface area (Å²) in [7, 11) is 0. The Hall–Kier alpha value is -3.62. The minimum Gasteiger partial charge on any atom is -0.473 e. The largest absolute Gasteiger partial charge is 0.473 e. The van der Waals surface area contributed by atoms with E-state index in [9.17, 15) is 9.18 Å². The van der Waals surface area contributed by atoms with E-state index >= 15 is 0 Å². The Morgan fingerprint density at radius 1 is 1.05 bits per heavy atom. The smallest absolute Gasteiger partial charge is 0.213 e. The normalized spacial score (nSPS) is 18.3. The molecule has 0 unspecified atom stereocenters. The molecule has 2 aromatic carbocycles. The SMILES string of the molecule is CC(=O)c1ccc(F)c(COc2cccc(C3CCN(Cc4nc5ccccc5n4C[C@@H]4CCO4)CC3)n2)c1. The van der Waals surface area contributed by atoms with Gasteiger partial charge in [-0.1, -0.05) is 18.2 Å². The third-order valence-electron chi connectivity index (χ3n) is 7.86. The molecule has 0 saturated carbocycles. The van der Waals surface area contributed by atoms with Crippen LogP contribution < -0.4 is 4.74 Å². The fraction of sp³-hybridized carbons (Fsp3) is 0.387. The van der Waals surface area contributed by atoms with Crippen molar-refractivity contribution in [1.82, 2.24) is 19.4 Å². The van der Waals surface area contributed by atoms with Crippen LogP contribution in [0.2, 0.25) is 0 Å². The number of Topliss-reactive ketones (excluding diaryl/α,β-unsaturated/α-hetero) is 1. The van der Waals surface area contributed by atoms with Gasteiger partial charge in [0, 0.05) is 35.4 Å². The van der Waals surface area contributed by atoms with Gasteiger partial charge in [-0.05, 0) is 75.7 Å². The van der Waals surface area contributed by atoms with Crippen LogP contribution in [0.5, 0.6) is 5.88 Å². The van der Waals surface area contributed by atoms with Gasteiger partial charge in [-0.15, -0.1) is 0 Å². The van der Waals surface area contributed by atoms with Crippen molar-refractivity contribution in [2.24, 2.45) is 0 Å². The molecule has 39 heavy (non-hydrogen) atoms. The number of carbonyl (C=O) groups excluding carboxylic acids is 1. The molecule has 2 fully saturated rings. The van der Waals surface area contributed by atoms with E-state index < -0.39 is 5.82 Å². The summed E-state index contributed by atoms with van der Waals surface area (Å²) in [5.74, 6) is 1.41. The molecule has 0 bridgehead atoms. The number of likely N-dealkylation sites (tertiary alicyclic amines) is 1. The lowest BCUT2D eigenvalue weighted by molar-refractivity contribution is -0.0592. The predicted molar refractivity (Wildman–Crippen MR) is 146 cm³/mol. The highest BCUT2D eigenvalue weighted by molar-refractivity contribution is 5.94. The Bertz CT molecular complexity index is 1470. The van der Waals surface area contributed by atoms with Crippen molar-refractivity contribution < 1.29 is 18.7 Å². The maximum Gasteiger partial charge on any atom is 0.213 e. The molecule has 4 heterocycles. The fourth-order valence-corrected chi connectivity index (χ4v) is 5.46. The van der Waals surface area contributed by atoms with Gasteiger partial charge in [-0.2, -0.15) is 0 Å². The van der Waals surface area contributed by atoms with Gasteiger partial charge in [-0.25, -0.2) is 14.4 Å². The highest BCUT2D eigenvalue weighted by Crippen LogP contribution is 2.30. The van der Waals surface area contributed by atoms with E-state index in [2.05, 4.69) is 27.7 Å². The molecule has 6 rings (SSSR count). The maximum atomic E-state index is 14.2. The zero-order valence-electron chi connectivity index (χ0n) is 22.2. The second-order valence-electron chi connectivity index (χ2n) is 10.5. The number of fused-ring (bicyclic) bond motifs is 1. The zero-order valence-corrected chi connectivity index (χ0v) is 22.2. The van der Waals surface area contributed by atoms with Crippen molar-refractivity contribution in [2.75, 3.05) is 19.7 Å². The molecule has 4 aromatic rings. The van der Waals surface area contributed by atoms with Crippen LogP contribution in [0.15, 0.2) is 60.7 Å². The average molecular weight is 529 g/mol. The number of carbonyl (C=O) groups is 1. The van der Waals surface area contributed by atoms with Gasteiger partial charge in [0.25, 0.3) is 0 Å².